The maximum atomic E-state index is 12.6. The molecule has 0 aromatic heterocycles. The molecule has 0 aromatic rings. The van der Waals surface area contributed by atoms with Gasteiger partial charge in [-0.15, -0.1) is 0 Å². The van der Waals surface area contributed by atoms with Gasteiger partial charge in [0, 0.05) is 0 Å². The van der Waals surface area contributed by atoms with Gasteiger partial charge in [-0.05, 0) is 0 Å². The molecule has 0 saturated heterocycles. The van der Waals surface area contributed by atoms with Crippen LogP contribution >= 0.6 is 0 Å². The molecule has 0 aliphatic carbocycles. The van der Waals surface area contributed by atoms with Gasteiger partial charge in [-0.3, -0.25) is 9.11 Å². The predicted octanol–water partition coefficient (Wildman–Crippen LogP) is -4.55. The summed E-state index contributed by atoms with van der Waals surface area (Å²) in [4.78, 5) is 0. The number of hydrogen-bond acceptors (Lipinski definition) is 4. The van der Waals surface area contributed by atoms with Gasteiger partial charge in [0.2, 0.25) is 0 Å². The Balaban J connectivity index is -0.000000301. The Kier molecular flexibility index (Phi) is 9.25. The van der Waals surface area contributed by atoms with Gasteiger partial charge in [0.1, 0.15) is 0 Å². The fourth-order valence-corrected chi connectivity index (χ4v) is 1.59. The van der Waals surface area contributed by atoms with E-state index < -0.39 is 42.6 Å². The second kappa shape index (κ2) is 7.25. The number of hydrogen-bond donors (Lipinski definition) is 2. The van der Waals surface area contributed by atoms with Crippen LogP contribution in [0.1, 0.15) is 2.85 Å². The smallest absolute Gasteiger partial charge is 1.00 e. The molecule has 0 saturated carbocycles. The van der Waals surface area contributed by atoms with Crippen molar-refractivity contribution in [2.45, 2.75) is 22.4 Å². The Hall–Kier alpha value is 1.26. The molecule has 0 amide bonds. The summed E-state index contributed by atoms with van der Waals surface area (Å²) in [5.74, 6) is -15.2. The van der Waals surface area contributed by atoms with E-state index in [0.29, 0.717) is 0 Å². The Bertz CT molecular complexity index is 556. The van der Waals surface area contributed by atoms with E-state index in [-0.39, 0.29) is 62.0 Å². The fraction of sp³-hybridized carbons (Fsp3) is 1.00. The molecule has 18 heteroatoms. The van der Waals surface area contributed by atoms with Gasteiger partial charge in [-0.1, -0.05) is 0 Å². The van der Waals surface area contributed by atoms with Crippen LogP contribution in [0.25, 0.3) is 0 Å². The molecule has 0 aromatic carbocycles. The molecular weight excluding hydrogens is 406 g/mol. The van der Waals surface area contributed by atoms with Gasteiger partial charge in [-0.2, -0.15) is 52.0 Å². The number of alkyl halides is 8. The van der Waals surface area contributed by atoms with Crippen LogP contribution in [0.15, 0.2) is 0 Å². The molecule has 126 valence electrons. The van der Waals surface area contributed by atoms with E-state index in [9.17, 15) is 52.0 Å². The normalized spacial score (nSPS) is 14.8. The summed E-state index contributed by atoms with van der Waals surface area (Å²) in [7, 11) is -14.6. The molecule has 0 spiro atoms. The van der Waals surface area contributed by atoms with Crippen molar-refractivity contribution >= 4 is 20.2 Å². The predicted molar refractivity (Wildman–Crippen MR) is 45.1 cm³/mol. The standard InChI is InChI=1S/C4H2F8O6S2.2Na.2H/c5-1(6,3(9,10)19(13,14)15)2(7,8)4(11,12)20(16,17)18;;;;/h(H,13,14,15)(H,16,17,18);;;;/q;2*+1;2*-1. The largest absolute Gasteiger partial charge is 1.00 e. The molecule has 0 rings (SSSR count). The van der Waals surface area contributed by atoms with Gasteiger partial charge >= 0.3 is 102 Å². The maximum absolute atomic E-state index is 12.6. The minimum Gasteiger partial charge on any atom is -1.00 e. The Morgan fingerprint density at radius 1 is 0.591 bits per heavy atom. The third kappa shape index (κ3) is 4.08. The number of rotatable bonds is 5. The van der Waals surface area contributed by atoms with Crippen molar-refractivity contribution in [3.63, 3.8) is 0 Å². The molecule has 0 heterocycles. The fourth-order valence-electron chi connectivity index (χ4n) is 0.690. The zero-order valence-electron chi connectivity index (χ0n) is 12.4. The van der Waals surface area contributed by atoms with Crippen LogP contribution in [0.3, 0.4) is 0 Å². The average molecular weight is 410 g/mol. The van der Waals surface area contributed by atoms with Crippen LogP contribution in [-0.4, -0.2) is 48.3 Å². The van der Waals surface area contributed by atoms with Crippen molar-refractivity contribution in [3.05, 3.63) is 0 Å². The minimum atomic E-state index is -7.58. The molecule has 6 nitrogen and oxygen atoms in total. The van der Waals surface area contributed by atoms with E-state index >= 15 is 0 Å². The van der Waals surface area contributed by atoms with Crippen LogP contribution in [0.5, 0.6) is 0 Å². The first-order chi connectivity index (χ1) is 8.25. The molecule has 22 heavy (non-hydrogen) atoms. The van der Waals surface area contributed by atoms with Crippen molar-refractivity contribution in [2.75, 3.05) is 0 Å². The zero-order valence-corrected chi connectivity index (χ0v) is 16.0. The quantitative estimate of drug-likeness (QED) is 0.269. The molecule has 0 unspecified atom stereocenters. The molecular formula is C4H4F8Na2O6S2. The summed E-state index contributed by atoms with van der Waals surface area (Å²) in [5, 5.41) is -14.3. The third-order valence-corrected chi connectivity index (χ3v) is 3.58. The van der Waals surface area contributed by atoms with E-state index in [1.807, 2.05) is 0 Å². The SMILES string of the molecule is O=S(=O)(O)C(F)(F)C(F)(F)C(F)(F)C(F)(F)S(=O)(=O)O.[H-].[H-].[Na+].[Na+]. The van der Waals surface area contributed by atoms with Gasteiger partial charge in [0.25, 0.3) is 0 Å². The molecule has 0 aliphatic heterocycles. The van der Waals surface area contributed by atoms with Gasteiger partial charge < -0.3 is 2.85 Å². The number of halogens is 8. The van der Waals surface area contributed by atoms with Gasteiger partial charge in [0.05, 0.1) is 0 Å². The van der Waals surface area contributed by atoms with Crippen molar-refractivity contribution < 1.29 is 123 Å². The first kappa shape index (κ1) is 28.1. The van der Waals surface area contributed by atoms with Gasteiger partial charge in [0.15, 0.2) is 0 Å². The minimum absolute atomic E-state index is 0. The summed E-state index contributed by atoms with van der Waals surface area (Å²) in [5.41, 5.74) is 0. The average Bonchev–Trinajstić information content (AvgIpc) is 2.12. The second-order valence-electron chi connectivity index (χ2n) is 3.13. The van der Waals surface area contributed by atoms with Crippen LogP contribution in [0, 0.1) is 0 Å². The van der Waals surface area contributed by atoms with Crippen molar-refractivity contribution in [1.29, 1.82) is 0 Å². The van der Waals surface area contributed by atoms with Crippen LogP contribution in [-0.2, 0) is 20.2 Å². The Labute approximate surface area is 164 Å². The zero-order chi connectivity index (χ0) is 17.0. The van der Waals surface area contributed by atoms with Crippen molar-refractivity contribution in [1.82, 2.24) is 0 Å². The monoisotopic (exact) mass is 410 g/mol. The molecule has 0 bridgehead atoms. The first-order valence-corrected chi connectivity index (χ1v) is 6.58. The van der Waals surface area contributed by atoms with E-state index in [1.165, 1.54) is 0 Å². The van der Waals surface area contributed by atoms with Crippen LogP contribution in [0.4, 0.5) is 35.1 Å². The van der Waals surface area contributed by atoms with E-state index in [2.05, 4.69) is 0 Å². The van der Waals surface area contributed by atoms with Gasteiger partial charge in [-0.25, -0.2) is 0 Å². The second-order valence-corrected chi connectivity index (χ2v) is 6.06. The Morgan fingerprint density at radius 3 is 0.818 bits per heavy atom. The van der Waals surface area contributed by atoms with E-state index in [0.717, 1.165) is 0 Å². The van der Waals surface area contributed by atoms with Crippen LogP contribution in [0.2, 0.25) is 0 Å². The molecule has 0 atom stereocenters. The molecule has 2 N–H and O–H groups in total. The van der Waals surface area contributed by atoms with Crippen molar-refractivity contribution in [2.24, 2.45) is 0 Å². The van der Waals surface area contributed by atoms with Crippen LogP contribution < -0.4 is 59.1 Å². The Morgan fingerprint density at radius 2 is 0.727 bits per heavy atom. The molecule has 0 fully saturated rings. The third-order valence-electron chi connectivity index (χ3n) is 1.77. The molecule has 0 aliphatic rings. The molecule has 0 radical (unpaired) electrons. The summed E-state index contributed by atoms with van der Waals surface area (Å²) in [6.45, 7) is 0. The summed E-state index contributed by atoms with van der Waals surface area (Å²) < 4.78 is 155. The topological polar surface area (TPSA) is 109 Å². The maximum Gasteiger partial charge on any atom is 1.00 e. The summed E-state index contributed by atoms with van der Waals surface area (Å²) >= 11 is 0. The summed E-state index contributed by atoms with van der Waals surface area (Å²) in [6, 6.07) is 0. The van der Waals surface area contributed by atoms with Crippen molar-refractivity contribution in [3.8, 4) is 0 Å². The summed E-state index contributed by atoms with van der Waals surface area (Å²) in [6.07, 6.45) is 0. The first-order valence-electron chi connectivity index (χ1n) is 3.70. The van der Waals surface area contributed by atoms with E-state index in [1.54, 1.807) is 0 Å². The van der Waals surface area contributed by atoms with E-state index in [4.69, 9.17) is 9.11 Å².